The molecule has 0 bridgehead atoms. The van der Waals surface area contributed by atoms with Crippen molar-refractivity contribution in [3.63, 3.8) is 0 Å². The fraction of sp³-hybridized carbons (Fsp3) is 0.538. The van der Waals surface area contributed by atoms with E-state index in [1.165, 1.54) is 27.5 Å². The molecule has 1 N–H and O–H groups in total. The number of hydrogen-bond donors (Lipinski definition) is 1. The highest BCUT2D eigenvalue weighted by atomic mass is 127. The molecule has 0 heterocycles. The molecule has 82 valence electrons. The number of nitrogens with one attached hydrogen (secondary N) is 1. The topological polar surface area (TPSA) is 12.0 Å². The van der Waals surface area contributed by atoms with Crippen molar-refractivity contribution in [1.29, 1.82) is 0 Å². The quantitative estimate of drug-likeness (QED) is 0.836. The van der Waals surface area contributed by atoms with Gasteiger partial charge in [0.2, 0.25) is 0 Å². The molecular weight excluding hydrogens is 297 g/mol. The first-order valence-corrected chi connectivity index (χ1v) is 6.80. The molecular formula is C13H18IN. The minimum absolute atomic E-state index is 0.585. The molecule has 1 fully saturated rings. The summed E-state index contributed by atoms with van der Waals surface area (Å²) >= 11 is 2.48. The van der Waals surface area contributed by atoms with Gasteiger partial charge in [-0.15, -0.1) is 0 Å². The van der Waals surface area contributed by atoms with E-state index in [2.05, 4.69) is 60.0 Å². The third kappa shape index (κ3) is 2.53. The zero-order valence-corrected chi connectivity index (χ0v) is 11.5. The Morgan fingerprint density at radius 3 is 2.80 bits per heavy atom. The maximum atomic E-state index is 3.62. The fourth-order valence-corrected chi connectivity index (χ4v) is 2.79. The SMILES string of the molecule is CCNC(c1cccc(C)c1I)C1CC1. The molecule has 15 heavy (non-hydrogen) atoms. The highest BCUT2D eigenvalue weighted by Crippen LogP contribution is 2.42. The Kier molecular flexibility index (Phi) is 3.67. The molecule has 0 amide bonds. The van der Waals surface area contributed by atoms with Crippen LogP contribution in [0.25, 0.3) is 0 Å². The summed E-state index contributed by atoms with van der Waals surface area (Å²) in [5, 5.41) is 3.62. The van der Waals surface area contributed by atoms with Crippen molar-refractivity contribution in [2.24, 2.45) is 5.92 Å². The van der Waals surface area contributed by atoms with Gasteiger partial charge in [0.25, 0.3) is 0 Å². The maximum absolute atomic E-state index is 3.62. The molecule has 1 atom stereocenters. The van der Waals surface area contributed by atoms with E-state index in [0.29, 0.717) is 6.04 Å². The lowest BCUT2D eigenvalue weighted by Crippen LogP contribution is -2.23. The fourth-order valence-electron chi connectivity index (χ4n) is 2.09. The van der Waals surface area contributed by atoms with Crippen LogP contribution in [0.3, 0.4) is 0 Å². The van der Waals surface area contributed by atoms with Crippen molar-refractivity contribution in [2.45, 2.75) is 32.7 Å². The zero-order chi connectivity index (χ0) is 10.8. The molecule has 0 radical (unpaired) electrons. The van der Waals surface area contributed by atoms with Gasteiger partial charge >= 0.3 is 0 Å². The Morgan fingerprint density at radius 2 is 2.20 bits per heavy atom. The Balaban J connectivity index is 2.28. The molecule has 1 saturated carbocycles. The summed E-state index contributed by atoms with van der Waals surface area (Å²) in [4.78, 5) is 0. The first-order valence-electron chi connectivity index (χ1n) is 5.72. The number of aryl methyl sites for hydroxylation is 1. The van der Waals surface area contributed by atoms with Crippen molar-refractivity contribution in [3.05, 3.63) is 32.9 Å². The molecule has 0 aromatic heterocycles. The average molecular weight is 315 g/mol. The van der Waals surface area contributed by atoms with Crippen LogP contribution in [0.4, 0.5) is 0 Å². The van der Waals surface area contributed by atoms with Gasteiger partial charge in [-0.3, -0.25) is 0 Å². The van der Waals surface area contributed by atoms with Gasteiger partial charge in [-0.25, -0.2) is 0 Å². The molecule has 0 aliphatic heterocycles. The first kappa shape index (κ1) is 11.4. The number of halogens is 1. The third-order valence-electron chi connectivity index (χ3n) is 3.07. The summed E-state index contributed by atoms with van der Waals surface area (Å²) in [5.74, 6) is 0.875. The Labute approximate surface area is 106 Å². The Bertz CT molecular complexity index is 344. The van der Waals surface area contributed by atoms with Crippen molar-refractivity contribution in [3.8, 4) is 0 Å². The first-order chi connectivity index (χ1) is 7.24. The molecule has 2 heteroatoms. The molecule has 2 rings (SSSR count). The molecule has 1 nitrogen and oxygen atoms in total. The van der Waals surface area contributed by atoms with E-state index in [4.69, 9.17) is 0 Å². The van der Waals surface area contributed by atoms with E-state index >= 15 is 0 Å². The van der Waals surface area contributed by atoms with Crippen molar-refractivity contribution in [1.82, 2.24) is 5.32 Å². The van der Waals surface area contributed by atoms with Crippen LogP contribution in [-0.4, -0.2) is 6.54 Å². The lowest BCUT2D eigenvalue weighted by Gasteiger charge is -2.20. The molecule has 1 unspecified atom stereocenters. The molecule has 1 aromatic rings. The van der Waals surface area contributed by atoms with Gasteiger partial charge in [0.1, 0.15) is 0 Å². The van der Waals surface area contributed by atoms with Crippen LogP contribution in [0, 0.1) is 16.4 Å². The van der Waals surface area contributed by atoms with Gasteiger partial charge in [0, 0.05) is 9.61 Å². The highest BCUT2D eigenvalue weighted by molar-refractivity contribution is 14.1. The minimum atomic E-state index is 0.585. The lowest BCUT2D eigenvalue weighted by atomic mass is 10.0. The summed E-state index contributed by atoms with van der Waals surface area (Å²) < 4.78 is 1.44. The Morgan fingerprint density at radius 1 is 1.47 bits per heavy atom. The van der Waals surface area contributed by atoms with Gasteiger partial charge in [-0.05, 0) is 65.9 Å². The molecule has 1 aromatic carbocycles. The van der Waals surface area contributed by atoms with E-state index in [1.54, 1.807) is 0 Å². The number of rotatable bonds is 4. The van der Waals surface area contributed by atoms with Gasteiger partial charge in [-0.2, -0.15) is 0 Å². The van der Waals surface area contributed by atoms with Crippen molar-refractivity contribution < 1.29 is 0 Å². The Hall–Kier alpha value is -0.0900. The van der Waals surface area contributed by atoms with Crippen LogP contribution < -0.4 is 5.32 Å². The molecule has 0 spiro atoms. The van der Waals surface area contributed by atoms with Crippen molar-refractivity contribution in [2.75, 3.05) is 6.54 Å². The lowest BCUT2D eigenvalue weighted by molar-refractivity contribution is 0.494. The summed E-state index contributed by atoms with van der Waals surface area (Å²) in [6.07, 6.45) is 2.78. The van der Waals surface area contributed by atoms with Crippen LogP contribution in [0.2, 0.25) is 0 Å². The second-order valence-electron chi connectivity index (χ2n) is 4.35. The van der Waals surface area contributed by atoms with Crippen LogP contribution in [0.1, 0.15) is 36.9 Å². The minimum Gasteiger partial charge on any atom is -0.310 e. The summed E-state index contributed by atoms with van der Waals surface area (Å²) in [6, 6.07) is 7.24. The number of benzene rings is 1. The van der Waals surface area contributed by atoms with Gasteiger partial charge in [-0.1, -0.05) is 25.1 Å². The molecule has 1 aliphatic rings. The van der Waals surface area contributed by atoms with E-state index in [0.717, 1.165) is 12.5 Å². The normalized spacial score (nSPS) is 17.8. The van der Waals surface area contributed by atoms with Crippen molar-refractivity contribution >= 4 is 22.6 Å². The van der Waals surface area contributed by atoms with E-state index in [-0.39, 0.29) is 0 Å². The summed E-state index contributed by atoms with van der Waals surface area (Å²) in [6.45, 7) is 5.45. The molecule has 1 aliphatic carbocycles. The van der Waals surface area contributed by atoms with Crippen LogP contribution in [-0.2, 0) is 0 Å². The smallest absolute Gasteiger partial charge is 0.0359 e. The standard InChI is InChI=1S/C13H18IN/c1-3-15-13(10-7-8-10)11-6-4-5-9(2)12(11)14/h4-6,10,13,15H,3,7-8H2,1-2H3. The predicted octanol–water partition coefficient (Wildman–Crippen LogP) is 3.66. The summed E-state index contributed by atoms with van der Waals surface area (Å²) in [7, 11) is 0. The van der Waals surface area contributed by atoms with Gasteiger partial charge in [0.05, 0.1) is 0 Å². The van der Waals surface area contributed by atoms with Gasteiger partial charge < -0.3 is 5.32 Å². The van der Waals surface area contributed by atoms with E-state index < -0.39 is 0 Å². The second-order valence-corrected chi connectivity index (χ2v) is 5.43. The zero-order valence-electron chi connectivity index (χ0n) is 9.39. The maximum Gasteiger partial charge on any atom is 0.0359 e. The van der Waals surface area contributed by atoms with Gasteiger partial charge in [0.15, 0.2) is 0 Å². The monoisotopic (exact) mass is 315 g/mol. The summed E-state index contributed by atoms with van der Waals surface area (Å²) in [5.41, 5.74) is 2.90. The van der Waals surface area contributed by atoms with Crippen LogP contribution in [0.5, 0.6) is 0 Å². The molecule has 0 saturated heterocycles. The van der Waals surface area contributed by atoms with Crippen LogP contribution >= 0.6 is 22.6 Å². The van der Waals surface area contributed by atoms with E-state index in [1.807, 2.05) is 0 Å². The highest BCUT2D eigenvalue weighted by Gasteiger charge is 2.32. The van der Waals surface area contributed by atoms with E-state index in [9.17, 15) is 0 Å². The number of hydrogen-bond acceptors (Lipinski definition) is 1. The average Bonchev–Trinajstić information content (AvgIpc) is 3.03. The van der Waals surface area contributed by atoms with Crippen LogP contribution in [0.15, 0.2) is 18.2 Å². The largest absolute Gasteiger partial charge is 0.310 e. The predicted molar refractivity (Wildman–Crippen MR) is 73.0 cm³/mol. The second kappa shape index (κ2) is 4.83. The third-order valence-corrected chi connectivity index (χ3v) is 4.55.